The number of carbonyl (C=O) groups is 1. The van der Waals surface area contributed by atoms with E-state index in [1.54, 1.807) is 13.2 Å². The van der Waals surface area contributed by atoms with Crippen LogP contribution in [-0.4, -0.2) is 35.9 Å². The first kappa shape index (κ1) is 19.3. The van der Waals surface area contributed by atoms with Gasteiger partial charge in [-0.2, -0.15) is 0 Å². The smallest absolute Gasteiger partial charge is 0.227 e. The fourth-order valence-corrected chi connectivity index (χ4v) is 4.35. The Kier molecular flexibility index (Phi) is 5.72. The molecule has 1 N–H and O–H groups in total. The van der Waals surface area contributed by atoms with E-state index in [0.29, 0.717) is 0 Å². The number of hydrogen-bond acceptors (Lipinski definition) is 3. The molecular formula is C25H27N3O. The molecule has 1 aliphatic rings. The number of aromatic nitrogens is 1. The van der Waals surface area contributed by atoms with Gasteiger partial charge < -0.3 is 5.32 Å². The Bertz CT molecular complexity index is 941. The van der Waals surface area contributed by atoms with Crippen LogP contribution in [0, 0.1) is 5.41 Å². The summed E-state index contributed by atoms with van der Waals surface area (Å²) in [6.07, 6.45) is 5.32. The van der Waals surface area contributed by atoms with E-state index < -0.39 is 0 Å². The van der Waals surface area contributed by atoms with Gasteiger partial charge >= 0.3 is 0 Å². The summed E-state index contributed by atoms with van der Waals surface area (Å²) < 4.78 is 0. The first-order chi connectivity index (χ1) is 14.2. The van der Waals surface area contributed by atoms with Crippen molar-refractivity contribution in [1.82, 2.24) is 15.2 Å². The van der Waals surface area contributed by atoms with Crippen LogP contribution >= 0.6 is 0 Å². The lowest BCUT2D eigenvalue weighted by atomic mass is 9.79. The van der Waals surface area contributed by atoms with Crippen LogP contribution in [-0.2, 0) is 17.8 Å². The number of nitrogens with zero attached hydrogens (tertiary/aromatic N) is 2. The van der Waals surface area contributed by atoms with Crippen molar-refractivity contribution in [3.63, 3.8) is 0 Å². The van der Waals surface area contributed by atoms with Gasteiger partial charge in [0, 0.05) is 32.5 Å². The minimum Gasteiger partial charge on any atom is -0.359 e. The molecule has 1 amide bonds. The summed E-state index contributed by atoms with van der Waals surface area (Å²) in [7, 11) is 1.74. The SMILES string of the molecule is CNC(=O)C1(Cc2ccc(-c3ccccc3)cc2)CCN(Cc2cccnc2)C1. The number of rotatable bonds is 6. The number of pyridine rings is 1. The Morgan fingerprint density at radius 2 is 1.76 bits per heavy atom. The molecule has 1 aromatic heterocycles. The van der Waals surface area contributed by atoms with E-state index >= 15 is 0 Å². The maximum Gasteiger partial charge on any atom is 0.227 e. The maximum absolute atomic E-state index is 12.9. The summed E-state index contributed by atoms with van der Waals surface area (Å²) >= 11 is 0. The first-order valence-corrected chi connectivity index (χ1v) is 10.2. The number of benzene rings is 2. The molecule has 148 valence electrons. The summed E-state index contributed by atoms with van der Waals surface area (Å²) in [5.74, 6) is 0.137. The highest BCUT2D eigenvalue weighted by Crippen LogP contribution is 2.36. The molecule has 0 radical (unpaired) electrons. The van der Waals surface area contributed by atoms with E-state index in [0.717, 1.165) is 32.5 Å². The summed E-state index contributed by atoms with van der Waals surface area (Å²) in [5.41, 5.74) is 4.42. The fraction of sp³-hybridized carbons (Fsp3) is 0.280. The van der Waals surface area contributed by atoms with E-state index in [9.17, 15) is 4.79 Å². The molecule has 4 heteroatoms. The van der Waals surface area contributed by atoms with Gasteiger partial charge in [0.05, 0.1) is 5.41 Å². The molecule has 4 rings (SSSR count). The van der Waals surface area contributed by atoms with Gasteiger partial charge in [0.15, 0.2) is 0 Å². The third kappa shape index (κ3) is 4.38. The minimum absolute atomic E-state index is 0.137. The van der Waals surface area contributed by atoms with Crippen LogP contribution in [0.25, 0.3) is 11.1 Å². The van der Waals surface area contributed by atoms with Crippen molar-refractivity contribution in [3.05, 3.63) is 90.3 Å². The summed E-state index contributed by atoms with van der Waals surface area (Å²) in [6, 6.07) is 23.1. The van der Waals surface area contributed by atoms with Crippen molar-refractivity contribution >= 4 is 5.91 Å². The molecule has 2 heterocycles. The lowest BCUT2D eigenvalue weighted by molar-refractivity contribution is -0.130. The van der Waals surface area contributed by atoms with Gasteiger partial charge in [0.25, 0.3) is 0 Å². The van der Waals surface area contributed by atoms with Crippen molar-refractivity contribution in [1.29, 1.82) is 0 Å². The minimum atomic E-state index is -0.384. The Morgan fingerprint density at radius 3 is 2.45 bits per heavy atom. The average molecular weight is 386 g/mol. The quantitative estimate of drug-likeness (QED) is 0.699. The zero-order valence-electron chi connectivity index (χ0n) is 16.8. The Balaban J connectivity index is 1.50. The van der Waals surface area contributed by atoms with Crippen LogP contribution in [0.5, 0.6) is 0 Å². The van der Waals surface area contributed by atoms with E-state index in [-0.39, 0.29) is 11.3 Å². The predicted molar refractivity (Wildman–Crippen MR) is 116 cm³/mol. The number of hydrogen-bond donors (Lipinski definition) is 1. The summed E-state index contributed by atoms with van der Waals surface area (Å²) in [5, 5.41) is 2.91. The average Bonchev–Trinajstić information content (AvgIpc) is 3.18. The number of nitrogens with one attached hydrogen (secondary N) is 1. The molecule has 3 aromatic rings. The van der Waals surface area contributed by atoms with Gasteiger partial charge in [0.1, 0.15) is 0 Å². The van der Waals surface area contributed by atoms with Crippen LogP contribution in [0.4, 0.5) is 0 Å². The molecule has 0 saturated carbocycles. The zero-order chi connectivity index (χ0) is 20.1. The second kappa shape index (κ2) is 8.58. The van der Waals surface area contributed by atoms with Gasteiger partial charge in [0.2, 0.25) is 5.91 Å². The molecule has 1 atom stereocenters. The van der Waals surface area contributed by atoms with Crippen LogP contribution in [0.15, 0.2) is 79.1 Å². The molecule has 29 heavy (non-hydrogen) atoms. The molecule has 4 nitrogen and oxygen atoms in total. The van der Waals surface area contributed by atoms with Crippen molar-refractivity contribution in [2.45, 2.75) is 19.4 Å². The molecule has 0 spiro atoms. The lowest BCUT2D eigenvalue weighted by Crippen LogP contribution is -2.43. The van der Waals surface area contributed by atoms with Gasteiger partial charge in [-0.1, -0.05) is 60.7 Å². The Labute approximate surface area is 172 Å². The van der Waals surface area contributed by atoms with E-state index in [1.165, 1.54) is 22.3 Å². The molecule has 2 aromatic carbocycles. The molecule has 1 aliphatic heterocycles. The van der Waals surface area contributed by atoms with E-state index in [4.69, 9.17) is 0 Å². The monoisotopic (exact) mass is 385 g/mol. The van der Waals surface area contributed by atoms with Gasteiger partial charge in [-0.25, -0.2) is 0 Å². The Morgan fingerprint density at radius 1 is 1.00 bits per heavy atom. The highest BCUT2D eigenvalue weighted by Gasteiger charge is 2.43. The van der Waals surface area contributed by atoms with Crippen molar-refractivity contribution in [3.8, 4) is 11.1 Å². The lowest BCUT2D eigenvalue weighted by Gasteiger charge is -2.28. The second-order valence-corrected chi connectivity index (χ2v) is 7.92. The van der Waals surface area contributed by atoms with Crippen LogP contribution in [0.2, 0.25) is 0 Å². The standard InChI is InChI=1S/C25H27N3O/c1-26-24(29)25(13-15-28(19-25)18-21-6-5-14-27-17-21)16-20-9-11-23(12-10-20)22-7-3-2-4-8-22/h2-12,14,17H,13,15-16,18-19H2,1H3,(H,26,29). The van der Waals surface area contributed by atoms with E-state index in [1.807, 2.05) is 18.3 Å². The van der Waals surface area contributed by atoms with Gasteiger partial charge in [-0.3, -0.25) is 14.7 Å². The Hall–Kier alpha value is -2.98. The number of carbonyl (C=O) groups excluding carboxylic acids is 1. The topological polar surface area (TPSA) is 45.2 Å². The van der Waals surface area contributed by atoms with Gasteiger partial charge in [-0.15, -0.1) is 0 Å². The summed E-state index contributed by atoms with van der Waals surface area (Å²) in [6.45, 7) is 2.52. The van der Waals surface area contributed by atoms with Crippen LogP contribution in [0.1, 0.15) is 17.5 Å². The van der Waals surface area contributed by atoms with Crippen molar-refractivity contribution < 1.29 is 4.79 Å². The van der Waals surface area contributed by atoms with Crippen LogP contribution < -0.4 is 5.32 Å². The largest absolute Gasteiger partial charge is 0.359 e. The van der Waals surface area contributed by atoms with Crippen molar-refractivity contribution in [2.24, 2.45) is 5.41 Å². The highest BCUT2D eigenvalue weighted by atomic mass is 16.2. The van der Waals surface area contributed by atoms with Crippen molar-refractivity contribution in [2.75, 3.05) is 20.1 Å². The third-order valence-corrected chi connectivity index (χ3v) is 5.87. The third-order valence-electron chi connectivity index (χ3n) is 5.87. The zero-order valence-corrected chi connectivity index (χ0v) is 16.8. The molecule has 1 saturated heterocycles. The second-order valence-electron chi connectivity index (χ2n) is 7.92. The molecule has 1 fully saturated rings. The first-order valence-electron chi connectivity index (χ1n) is 10.2. The molecular weight excluding hydrogens is 358 g/mol. The van der Waals surface area contributed by atoms with Gasteiger partial charge in [-0.05, 0) is 47.7 Å². The van der Waals surface area contributed by atoms with E-state index in [2.05, 4.69) is 69.8 Å². The highest BCUT2D eigenvalue weighted by molar-refractivity contribution is 5.83. The number of likely N-dealkylation sites (tertiary alicyclic amines) is 1. The van der Waals surface area contributed by atoms with Crippen LogP contribution in [0.3, 0.4) is 0 Å². The normalized spacial score (nSPS) is 19.2. The summed E-state index contributed by atoms with van der Waals surface area (Å²) in [4.78, 5) is 19.5. The molecule has 0 aliphatic carbocycles. The number of amides is 1. The fourth-order valence-electron chi connectivity index (χ4n) is 4.35. The molecule has 0 bridgehead atoms. The molecule has 1 unspecified atom stereocenters. The maximum atomic E-state index is 12.9. The predicted octanol–water partition coefficient (Wildman–Crippen LogP) is 3.93.